The summed E-state index contributed by atoms with van der Waals surface area (Å²) in [5.41, 5.74) is 11.3. The number of aromatic nitrogens is 1. The summed E-state index contributed by atoms with van der Waals surface area (Å²) in [4.78, 5) is 3.60. The first-order valence-electron chi connectivity index (χ1n) is 8.40. The van der Waals surface area contributed by atoms with Crippen LogP contribution in [-0.4, -0.2) is 18.6 Å². The summed E-state index contributed by atoms with van der Waals surface area (Å²) in [7, 11) is 1.70. The van der Waals surface area contributed by atoms with E-state index < -0.39 is 0 Å². The summed E-state index contributed by atoms with van der Waals surface area (Å²) in [6.45, 7) is 2.76. The third-order valence-electron chi connectivity index (χ3n) is 4.59. The molecule has 3 nitrogen and oxygen atoms in total. The van der Waals surface area contributed by atoms with Crippen LogP contribution in [-0.2, 0) is 6.42 Å². The minimum atomic E-state index is 0.711. The first-order chi connectivity index (χ1) is 12.1. The minimum Gasteiger partial charge on any atom is -0.496 e. The molecule has 0 saturated heterocycles. The van der Waals surface area contributed by atoms with Crippen molar-refractivity contribution in [1.82, 2.24) is 4.98 Å². The van der Waals surface area contributed by atoms with Gasteiger partial charge in [0.2, 0.25) is 0 Å². The molecule has 25 heavy (non-hydrogen) atoms. The summed E-state index contributed by atoms with van der Waals surface area (Å²) < 4.78 is 6.62. The molecule has 0 atom stereocenters. The summed E-state index contributed by atoms with van der Waals surface area (Å²) in [5, 5.41) is 1.99. The molecule has 0 saturated carbocycles. The molecule has 0 amide bonds. The highest BCUT2D eigenvalue weighted by Gasteiger charge is 2.18. The van der Waals surface area contributed by atoms with Crippen LogP contribution in [0.1, 0.15) is 24.0 Å². The highest BCUT2D eigenvalue weighted by Crippen LogP contribution is 2.39. The van der Waals surface area contributed by atoms with Gasteiger partial charge in [-0.15, -0.1) is 0 Å². The number of H-pyrrole nitrogens is 1. The molecule has 1 aromatic heterocycles. The van der Waals surface area contributed by atoms with E-state index in [9.17, 15) is 0 Å². The summed E-state index contributed by atoms with van der Waals surface area (Å²) in [6, 6.07) is 10.1. The third kappa shape index (κ3) is 3.57. The van der Waals surface area contributed by atoms with E-state index in [2.05, 4.69) is 33.0 Å². The van der Waals surface area contributed by atoms with Gasteiger partial charge in [0.15, 0.2) is 0 Å². The molecule has 3 rings (SSSR count). The molecule has 0 aliphatic heterocycles. The standard InChI is InChI=1S/C20H22BrClN2O/c1-12-17(22)8-7-15-14(5-3-4-10-23)20(24-19(12)15)16-11-13(21)6-9-18(16)25-2/h6-9,11,24H,3-5,10,23H2,1-2H3. The van der Waals surface area contributed by atoms with Crippen molar-refractivity contribution < 1.29 is 4.74 Å². The van der Waals surface area contributed by atoms with E-state index in [-0.39, 0.29) is 0 Å². The second-order valence-corrected chi connectivity index (χ2v) is 7.49. The first kappa shape index (κ1) is 18.3. The Balaban J connectivity index is 2.24. The minimum absolute atomic E-state index is 0.711. The number of halogens is 2. The van der Waals surface area contributed by atoms with Crippen molar-refractivity contribution in [2.45, 2.75) is 26.2 Å². The van der Waals surface area contributed by atoms with Gasteiger partial charge in [-0.05, 0) is 68.1 Å². The summed E-state index contributed by atoms with van der Waals surface area (Å²) in [6.07, 6.45) is 3.02. The number of benzene rings is 2. The van der Waals surface area contributed by atoms with E-state index in [1.165, 1.54) is 10.9 Å². The number of rotatable bonds is 6. The van der Waals surface area contributed by atoms with Gasteiger partial charge in [-0.2, -0.15) is 0 Å². The number of methoxy groups -OCH3 is 1. The van der Waals surface area contributed by atoms with Crippen molar-refractivity contribution >= 4 is 38.4 Å². The number of fused-ring (bicyclic) bond motifs is 1. The van der Waals surface area contributed by atoms with Crippen molar-refractivity contribution in [2.75, 3.05) is 13.7 Å². The molecule has 0 aliphatic carbocycles. The number of nitrogens with one attached hydrogen (secondary N) is 1. The largest absolute Gasteiger partial charge is 0.496 e. The van der Waals surface area contributed by atoms with Crippen LogP contribution in [0.3, 0.4) is 0 Å². The maximum Gasteiger partial charge on any atom is 0.128 e. The Morgan fingerprint density at radius 1 is 1.20 bits per heavy atom. The highest BCUT2D eigenvalue weighted by atomic mass is 79.9. The molecule has 1 heterocycles. The van der Waals surface area contributed by atoms with Gasteiger partial charge in [-0.1, -0.05) is 33.6 Å². The number of hydrogen-bond acceptors (Lipinski definition) is 2. The average Bonchev–Trinajstić information content (AvgIpc) is 2.97. The van der Waals surface area contributed by atoms with E-state index in [1.54, 1.807) is 7.11 Å². The molecule has 132 valence electrons. The Labute approximate surface area is 161 Å². The van der Waals surface area contributed by atoms with Gasteiger partial charge in [0.1, 0.15) is 5.75 Å². The maximum absolute atomic E-state index is 6.34. The van der Waals surface area contributed by atoms with Gasteiger partial charge in [0, 0.05) is 20.4 Å². The quantitative estimate of drug-likeness (QED) is 0.490. The number of aryl methyl sites for hydroxylation is 2. The van der Waals surface area contributed by atoms with Gasteiger partial charge in [0.05, 0.1) is 18.3 Å². The molecule has 0 spiro atoms. The molecule has 0 fully saturated rings. The Hall–Kier alpha value is -1.49. The Morgan fingerprint density at radius 2 is 2.00 bits per heavy atom. The van der Waals surface area contributed by atoms with Crippen LogP contribution in [0, 0.1) is 6.92 Å². The molecule has 0 radical (unpaired) electrons. The summed E-state index contributed by atoms with van der Waals surface area (Å²) >= 11 is 9.91. The number of hydrogen-bond donors (Lipinski definition) is 2. The van der Waals surface area contributed by atoms with E-state index in [4.69, 9.17) is 22.1 Å². The predicted octanol–water partition coefficient (Wildman–Crippen LogP) is 5.85. The van der Waals surface area contributed by atoms with Crippen LogP contribution in [0.15, 0.2) is 34.8 Å². The number of nitrogens with two attached hydrogens (primary N) is 1. The fraction of sp³-hybridized carbons (Fsp3) is 0.300. The van der Waals surface area contributed by atoms with Crippen LogP contribution < -0.4 is 10.5 Å². The van der Waals surface area contributed by atoms with E-state index >= 15 is 0 Å². The Morgan fingerprint density at radius 3 is 2.72 bits per heavy atom. The van der Waals surface area contributed by atoms with Crippen LogP contribution in [0.2, 0.25) is 5.02 Å². The van der Waals surface area contributed by atoms with E-state index in [1.807, 2.05) is 25.1 Å². The van der Waals surface area contributed by atoms with Crippen LogP contribution in [0.5, 0.6) is 5.75 Å². The van der Waals surface area contributed by atoms with Crippen LogP contribution >= 0.6 is 27.5 Å². The lowest BCUT2D eigenvalue weighted by molar-refractivity contribution is 0.416. The maximum atomic E-state index is 6.34. The zero-order chi connectivity index (χ0) is 18.0. The molecular formula is C20H22BrClN2O. The van der Waals surface area contributed by atoms with E-state index in [0.29, 0.717) is 6.54 Å². The number of ether oxygens (including phenoxy) is 1. The zero-order valence-corrected chi connectivity index (χ0v) is 16.8. The lowest BCUT2D eigenvalue weighted by Gasteiger charge is -2.10. The fourth-order valence-electron chi connectivity index (χ4n) is 3.25. The average molecular weight is 422 g/mol. The molecule has 5 heteroatoms. The van der Waals surface area contributed by atoms with Gasteiger partial charge < -0.3 is 15.5 Å². The SMILES string of the molecule is COc1ccc(Br)cc1-c1[nH]c2c(C)c(Cl)ccc2c1CCCCN. The number of unbranched alkanes of at least 4 members (excludes halogenated alkanes) is 1. The molecule has 0 unspecified atom stereocenters. The third-order valence-corrected chi connectivity index (χ3v) is 5.49. The van der Waals surface area contributed by atoms with Crippen LogP contribution in [0.25, 0.3) is 22.2 Å². The van der Waals surface area contributed by atoms with Crippen molar-refractivity contribution in [3.63, 3.8) is 0 Å². The molecule has 0 bridgehead atoms. The Kier molecular flexibility index (Phi) is 5.72. The second-order valence-electron chi connectivity index (χ2n) is 6.16. The van der Waals surface area contributed by atoms with Gasteiger partial charge in [-0.25, -0.2) is 0 Å². The number of aromatic amines is 1. The highest BCUT2D eigenvalue weighted by molar-refractivity contribution is 9.10. The predicted molar refractivity (Wildman–Crippen MR) is 110 cm³/mol. The molecular weight excluding hydrogens is 400 g/mol. The first-order valence-corrected chi connectivity index (χ1v) is 9.57. The molecule has 3 N–H and O–H groups in total. The van der Waals surface area contributed by atoms with Gasteiger partial charge in [-0.3, -0.25) is 0 Å². The van der Waals surface area contributed by atoms with Crippen LogP contribution in [0.4, 0.5) is 0 Å². The fourth-order valence-corrected chi connectivity index (χ4v) is 3.76. The molecule has 3 aromatic rings. The topological polar surface area (TPSA) is 51.0 Å². The zero-order valence-electron chi connectivity index (χ0n) is 14.5. The lowest BCUT2D eigenvalue weighted by Crippen LogP contribution is -1.99. The van der Waals surface area contributed by atoms with Gasteiger partial charge in [0.25, 0.3) is 0 Å². The van der Waals surface area contributed by atoms with Crippen molar-refractivity contribution in [1.29, 1.82) is 0 Å². The van der Waals surface area contributed by atoms with Crippen molar-refractivity contribution in [3.8, 4) is 17.0 Å². The van der Waals surface area contributed by atoms with Gasteiger partial charge >= 0.3 is 0 Å². The van der Waals surface area contributed by atoms with E-state index in [0.717, 1.165) is 56.8 Å². The smallest absolute Gasteiger partial charge is 0.128 e. The van der Waals surface area contributed by atoms with Crippen molar-refractivity contribution in [3.05, 3.63) is 51.0 Å². The molecule has 2 aromatic carbocycles. The Bertz CT molecular complexity index is 904. The summed E-state index contributed by atoms with van der Waals surface area (Å²) in [5.74, 6) is 0.846. The second kappa shape index (κ2) is 7.81. The lowest BCUT2D eigenvalue weighted by atomic mass is 9.99. The monoisotopic (exact) mass is 420 g/mol. The molecule has 0 aliphatic rings. The normalized spacial score (nSPS) is 11.2. The van der Waals surface area contributed by atoms with Crippen molar-refractivity contribution in [2.24, 2.45) is 5.73 Å².